The number of hydrogen-bond acceptors (Lipinski definition) is 5. The Hall–Kier alpha value is -2.64. The van der Waals surface area contributed by atoms with Crippen LogP contribution in [0.15, 0.2) is 60.0 Å². The van der Waals surface area contributed by atoms with Crippen molar-refractivity contribution in [3.8, 4) is 11.5 Å². The number of carbonyl (C=O) groups is 1. The predicted octanol–water partition coefficient (Wildman–Crippen LogP) is 3.72. The Morgan fingerprint density at radius 1 is 1.21 bits per heavy atom. The van der Waals surface area contributed by atoms with Gasteiger partial charge in [0.25, 0.3) is 0 Å². The monoisotopic (exact) mass is 415 g/mol. The van der Waals surface area contributed by atoms with Gasteiger partial charge in [0.2, 0.25) is 12.7 Å². The van der Waals surface area contributed by atoms with Gasteiger partial charge in [-0.25, -0.2) is 4.98 Å². The average molecular weight is 416 g/mol. The second-order valence-corrected chi connectivity index (χ2v) is 7.53. The molecule has 0 fully saturated rings. The van der Waals surface area contributed by atoms with Crippen molar-refractivity contribution < 1.29 is 14.3 Å². The Labute approximate surface area is 171 Å². The first-order valence-electron chi connectivity index (χ1n) is 8.71. The van der Waals surface area contributed by atoms with Gasteiger partial charge in [-0.2, -0.15) is 0 Å². The number of rotatable bonds is 7. The highest BCUT2D eigenvalue weighted by Crippen LogP contribution is 2.33. The fraction of sp³-hybridized carbons (Fsp3) is 0.200. The lowest BCUT2D eigenvalue weighted by molar-refractivity contribution is -0.118. The minimum atomic E-state index is -0.0671. The summed E-state index contributed by atoms with van der Waals surface area (Å²) >= 11 is 7.51. The van der Waals surface area contributed by atoms with Crippen molar-refractivity contribution in [3.63, 3.8) is 0 Å². The van der Waals surface area contributed by atoms with Crippen LogP contribution in [0.1, 0.15) is 11.1 Å². The van der Waals surface area contributed by atoms with Crippen LogP contribution in [0, 0.1) is 0 Å². The summed E-state index contributed by atoms with van der Waals surface area (Å²) in [5, 5.41) is 4.32. The molecule has 4 rings (SSSR count). The van der Waals surface area contributed by atoms with Crippen molar-refractivity contribution in [2.75, 3.05) is 12.5 Å². The number of hydrogen-bond donors (Lipinski definition) is 1. The Balaban J connectivity index is 1.32. The molecule has 1 aliphatic rings. The Bertz CT molecular complexity index is 992. The molecule has 8 heteroatoms. The van der Waals surface area contributed by atoms with Crippen LogP contribution in [-0.4, -0.2) is 28.0 Å². The molecule has 2 aromatic carbocycles. The van der Waals surface area contributed by atoms with Crippen molar-refractivity contribution in [2.45, 2.75) is 18.2 Å². The summed E-state index contributed by atoms with van der Waals surface area (Å²) in [6, 6.07) is 13.3. The van der Waals surface area contributed by atoms with Crippen molar-refractivity contribution in [1.29, 1.82) is 0 Å². The smallest absolute Gasteiger partial charge is 0.231 e. The molecule has 1 N–H and O–H groups in total. The average Bonchev–Trinajstić information content (AvgIpc) is 3.34. The molecule has 0 saturated heterocycles. The Kier molecular flexibility index (Phi) is 5.73. The molecule has 1 aromatic heterocycles. The molecular formula is C20H18ClN3O3S. The quantitative estimate of drug-likeness (QED) is 0.596. The molecule has 0 spiro atoms. The summed E-state index contributed by atoms with van der Waals surface area (Å²) in [5.41, 5.74) is 1.97. The number of imidazole rings is 1. The number of nitrogens with zero attached hydrogens (tertiary/aromatic N) is 2. The number of fused-ring (bicyclic) bond motifs is 1. The van der Waals surface area contributed by atoms with Gasteiger partial charge in [0, 0.05) is 30.5 Å². The summed E-state index contributed by atoms with van der Waals surface area (Å²) < 4.78 is 12.8. The molecule has 1 aliphatic heterocycles. The highest BCUT2D eigenvalue weighted by Gasteiger charge is 2.14. The van der Waals surface area contributed by atoms with E-state index in [0.717, 1.165) is 27.8 Å². The van der Waals surface area contributed by atoms with E-state index in [0.29, 0.717) is 18.1 Å². The van der Waals surface area contributed by atoms with Gasteiger partial charge in [-0.1, -0.05) is 47.6 Å². The zero-order valence-corrected chi connectivity index (χ0v) is 16.5. The van der Waals surface area contributed by atoms with Crippen LogP contribution in [0.3, 0.4) is 0 Å². The van der Waals surface area contributed by atoms with Gasteiger partial charge >= 0.3 is 0 Å². The van der Waals surface area contributed by atoms with E-state index in [4.69, 9.17) is 21.1 Å². The molecule has 0 unspecified atom stereocenters. The van der Waals surface area contributed by atoms with Crippen molar-refractivity contribution in [3.05, 3.63) is 71.0 Å². The van der Waals surface area contributed by atoms with Crippen LogP contribution < -0.4 is 14.8 Å². The van der Waals surface area contributed by atoms with E-state index < -0.39 is 0 Å². The van der Waals surface area contributed by atoms with Gasteiger partial charge in [0.1, 0.15) is 0 Å². The van der Waals surface area contributed by atoms with Gasteiger partial charge < -0.3 is 19.4 Å². The van der Waals surface area contributed by atoms with E-state index in [1.165, 1.54) is 11.8 Å². The maximum atomic E-state index is 12.2. The van der Waals surface area contributed by atoms with Gasteiger partial charge in [0.15, 0.2) is 16.7 Å². The Morgan fingerprint density at radius 3 is 2.96 bits per heavy atom. The van der Waals surface area contributed by atoms with Crippen LogP contribution in [-0.2, 0) is 17.9 Å². The van der Waals surface area contributed by atoms with Crippen molar-refractivity contribution in [2.24, 2.45) is 0 Å². The SMILES string of the molecule is O=C(CSc1nccn1Cc1ccc2c(c1)OCO2)NCc1ccccc1Cl. The molecule has 3 aromatic rings. The minimum Gasteiger partial charge on any atom is -0.454 e. The van der Waals surface area contributed by atoms with Crippen LogP contribution in [0.5, 0.6) is 11.5 Å². The zero-order chi connectivity index (χ0) is 19.3. The summed E-state index contributed by atoms with van der Waals surface area (Å²) in [4.78, 5) is 16.5. The largest absolute Gasteiger partial charge is 0.454 e. The number of ether oxygens (including phenoxy) is 2. The summed E-state index contributed by atoms with van der Waals surface area (Å²) in [6.45, 7) is 1.30. The topological polar surface area (TPSA) is 65.4 Å². The first-order valence-corrected chi connectivity index (χ1v) is 10.1. The molecule has 0 atom stereocenters. The number of amides is 1. The fourth-order valence-electron chi connectivity index (χ4n) is 2.81. The molecule has 28 heavy (non-hydrogen) atoms. The molecular weight excluding hydrogens is 398 g/mol. The number of aromatic nitrogens is 2. The lowest BCUT2D eigenvalue weighted by atomic mass is 10.2. The minimum absolute atomic E-state index is 0.0671. The lowest BCUT2D eigenvalue weighted by Gasteiger charge is -2.09. The Morgan fingerprint density at radius 2 is 2.07 bits per heavy atom. The number of halogens is 1. The maximum absolute atomic E-state index is 12.2. The second kappa shape index (κ2) is 8.58. The van der Waals surface area contributed by atoms with Crippen LogP contribution >= 0.6 is 23.4 Å². The molecule has 0 saturated carbocycles. The van der Waals surface area contributed by atoms with E-state index in [1.54, 1.807) is 6.20 Å². The van der Waals surface area contributed by atoms with E-state index in [1.807, 2.05) is 53.2 Å². The maximum Gasteiger partial charge on any atom is 0.231 e. The number of thioether (sulfide) groups is 1. The first kappa shape index (κ1) is 18.7. The fourth-order valence-corrected chi connectivity index (χ4v) is 3.80. The number of carbonyl (C=O) groups excluding carboxylic acids is 1. The third-order valence-corrected chi connectivity index (χ3v) is 5.61. The van der Waals surface area contributed by atoms with E-state index in [9.17, 15) is 4.79 Å². The highest BCUT2D eigenvalue weighted by molar-refractivity contribution is 7.99. The van der Waals surface area contributed by atoms with E-state index in [-0.39, 0.29) is 18.5 Å². The lowest BCUT2D eigenvalue weighted by Crippen LogP contribution is -2.24. The van der Waals surface area contributed by atoms with Crippen molar-refractivity contribution >= 4 is 29.3 Å². The number of benzene rings is 2. The molecule has 0 bridgehead atoms. The zero-order valence-electron chi connectivity index (χ0n) is 14.9. The molecule has 2 heterocycles. The second-order valence-electron chi connectivity index (χ2n) is 6.18. The third kappa shape index (κ3) is 4.43. The van der Waals surface area contributed by atoms with Crippen LogP contribution in [0.2, 0.25) is 5.02 Å². The predicted molar refractivity (Wildman–Crippen MR) is 108 cm³/mol. The number of nitrogens with one attached hydrogen (secondary N) is 1. The van der Waals surface area contributed by atoms with Crippen LogP contribution in [0.4, 0.5) is 0 Å². The molecule has 144 valence electrons. The van der Waals surface area contributed by atoms with Crippen molar-refractivity contribution in [1.82, 2.24) is 14.9 Å². The van der Waals surface area contributed by atoms with E-state index in [2.05, 4.69) is 10.3 Å². The van der Waals surface area contributed by atoms with Gasteiger partial charge in [-0.05, 0) is 29.3 Å². The van der Waals surface area contributed by atoms with Crippen LogP contribution in [0.25, 0.3) is 0 Å². The molecule has 0 aliphatic carbocycles. The standard InChI is InChI=1S/C20H18ClN3O3S/c21-16-4-2-1-3-15(16)10-23-19(25)12-28-20-22-7-8-24(20)11-14-5-6-17-18(9-14)27-13-26-17/h1-9H,10-13H2,(H,23,25). The molecule has 1 amide bonds. The first-order chi connectivity index (χ1) is 13.7. The summed E-state index contributed by atoms with van der Waals surface area (Å²) in [5.74, 6) is 1.73. The summed E-state index contributed by atoms with van der Waals surface area (Å²) in [6.07, 6.45) is 3.63. The van der Waals surface area contributed by atoms with E-state index >= 15 is 0 Å². The summed E-state index contributed by atoms with van der Waals surface area (Å²) in [7, 11) is 0. The highest BCUT2D eigenvalue weighted by atomic mass is 35.5. The molecule has 0 radical (unpaired) electrons. The van der Waals surface area contributed by atoms with Gasteiger partial charge in [-0.15, -0.1) is 0 Å². The third-order valence-electron chi connectivity index (χ3n) is 4.23. The van der Waals surface area contributed by atoms with Gasteiger partial charge in [0.05, 0.1) is 5.75 Å². The normalized spacial score (nSPS) is 12.2. The molecule has 6 nitrogen and oxygen atoms in total. The van der Waals surface area contributed by atoms with Gasteiger partial charge in [-0.3, -0.25) is 4.79 Å².